The molecule has 0 saturated heterocycles. The van der Waals surface area contributed by atoms with Crippen LogP contribution in [0.5, 0.6) is 0 Å². The van der Waals surface area contributed by atoms with Gasteiger partial charge in [0.05, 0.1) is 6.54 Å². The van der Waals surface area contributed by atoms with Gasteiger partial charge in [-0.1, -0.05) is 38.7 Å². The molecule has 0 saturated carbocycles. The molecule has 19 heavy (non-hydrogen) atoms. The summed E-state index contributed by atoms with van der Waals surface area (Å²) in [6, 6.07) is 5.77. The smallest absolute Gasteiger partial charge is 0.224 e. The number of carbonyl (C=O) groups excluding carboxylic acids is 1. The van der Waals surface area contributed by atoms with Gasteiger partial charge in [0.25, 0.3) is 0 Å². The Bertz CT molecular complexity index is 516. The number of hydrogen-bond acceptors (Lipinski definition) is 2. The molecule has 0 atom stereocenters. The topological polar surface area (TPSA) is 55.1 Å². The van der Waals surface area contributed by atoms with Gasteiger partial charge in [0.1, 0.15) is 0 Å². The van der Waals surface area contributed by atoms with E-state index >= 15 is 0 Å². The van der Waals surface area contributed by atoms with E-state index in [9.17, 15) is 4.79 Å². The monoisotopic (exact) mass is 258 g/mol. The zero-order valence-electron chi connectivity index (χ0n) is 12.1. The number of benzene rings is 1. The van der Waals surface area contributed by atoms with Crippen molar-refractivity contribution in [3.05, 3.63) is 29.3 Å². The van der Waals surface area contributed by atoms with Gasteiger partial charge in [-0.05, 0) is 30.0 Å². The lowest BCUT2D eigenvalue weighted by molar-refractivity contribution is -0.117. The average molecular weight is 258 g/mol. The fourth-order valence-electron chi connectivity index (χ4n) is 1.66. The van der Waals surface area contributed by atoms with Gasteiger partial charge in [0.15, 0.2) is 0 Å². The third-order valence-corrected chi connectivity index (χ3v) is 2.54. The minimum Gasteiger partial charge on any atom is -0.326 e. The van der Waals surface area contributed by atoms with Crippen LogP contribution in [0.2, 0.25) is 0 Å². The van der Waals surface area contributed by atoms with Crippen molar-refractivity contribution in [2.75, 3.05) is 11.9 Å². The Hall–Kier alpha value is -1.79. The van der Waals surface area contributed by atoms with Crippen molar-refractivity contribution in [3.8, 4) is 11.8 Å². The largest absolute Gasteiger partial charge is 0.326 e. The van der Waals surface area contributed by atoms with Crippen molar-refractivity contribution in [2.24, 2.45) is 11.1 Å². The molecule has 102 valence electrons. The van der Waals surface area contributed by atoms with Crippen LogP contribution >= 0.6 is 0 Å². The van der Waals surface area contributed by atoms with Crippen molar-refractivity contribution in [2.45, 2.75) is 34.1 Å². The van der Waals surface area contributed by atoms with Gasteiger partial charge in [-0.15, -0.1) is 0 Å². The highest BCUT2D eigenvalue weighted by molar-refractivity contribution is 5.92. The number of rotatable bonds is 2. The highest BCUT2D eigenvalue weighted by Crippen LogP contribution is 2.21. The van der Waals surface area contributed by atoms with Gasteiger partial charge < -0.3 is 11.1 Å². The molecular weight excluding hydrogens is 236 g/mol. The third-order valence-electron chi connectivity index (χ3n) is 2.54. The van der Waals surface area contributed by atoms with Crippen LogP contribution in [0.3, 0.4) is 0 Å². The third kappa shape index (κ3) is 5.58. The fraction of sp³-hybridized carbons (Fsp3) is 0.438. The maximum atomic E-state index is 11.9. The summed E-state index contributed by atoms with van der Waals surface area (Å²) >= 11 is 0. The lowest BCUT2D eigenvalue weighted by Gasteiger charge is -2.18. The Kier molecular flexibility index (Phi) is 5.14. The van der Waals surface area contributed by atoms with Crippen molar-refractivity contribution in [1.29, 1.82) is 0 Å². The summed E-state index contributed by atoms with van der Waals surface area (Å²) in [5.41, 5.74) is 8.04. The first-order valence-corrected chi connectivity index (χ1v) is 6.41. The molecule has 0 unspecified atom stereocenters. The van der Waals surface area contributed by atoms with Crippen molar-refractivity contribution < 1.29 is 4.79 Å². The first-order valence-electron chi connectivity index (χ1n) is 6.41. The van der Waals surface area contributed by atoms with Gasteiger partial charge in [-0.25, -0.2) is 0 Å². The van der Waals surface area contributed by atoms with Crippen LogP contribution in [0.15, 0.2) is 18.2 Å². The lowest BCUT2D eigenvalue weighted by atomic mass is 9.92. The summed E-state index contributed by atoms with van der Waals surface area (Å²) in [6.07, 6.45) is 0.491. The first-order chi connectivity index (χ1) is 8.81. The summed E-state index contributed by atoms with van der Waals surface area (Å²) in [7, 11) is 0. The molecule has 0 aliphatic carbocycles. The van der Waals surface area contributed by atoms with Crippen LogP contribution in [-0.2, 0) is 4.79 Å². The number of carbonyl (C=O) groups is 1. The van der Waals surface area contributed by atoms with Crippen LogP contribution in [0.25, 0.3) is 0 Å². The standard InChI is InChI=1S/C16H22N2O/c1-12-7-8-13(6-5-9-17)10-14(12)18-15(19)11-16(2,3)4/h7-8,10H,9,11,17H2,1-4H3,(H,18,19). The van der Waals surface area contributed by atoms with Gasteiger partial charge >= 0.3 is 0 Å². The molecule has 1 amide bonds. The minimum atomic E-state index is -0.0189. The molecule has 0 aliphatic heterocycles. The molecule has 0 bridgehead atoms. The molecule has 1 rings (SSSR count). The van der Waals surface area contributed by atoms with Gasteiger partial charge in [-0.3, -0.25) is 4.79 Å². The minimum absolute atomic E-state index is 0.0189. The molecule has 0 aliphatic rings. The summed E-state index contributed by atoms with van der Waals surface area (Å²) in [6.45, 7) is 8.43. The van der Waals surface area contributed by atoms with Crippen LogP contribution in [0.1, 0.15) is 38.3 Å². The number of nitrogens with two attached hydrogens (primary N) is 1. The van der Waals surface area contributed by atoms with Crippen LogP contribution < -0.4 is 11.1 Å². The Morgan fingerprint density at radius 1 is 1.37 bits per heavy atom. The normalized spacial score (nSPS) is 10.6. The van der Waals surface area contributed by atoms with E-state index in [1.54, 1.807) is 0 Å². The van der Waals surface area contributed by atoms with E-state index in [2.05, 4.69) is 17.2 Å². The van der Waals surface area contributed by atoms with E-state index in [0.29, 0.717) is 13.0 Å². The van der Waals surface area contributed by atoms with E-state index in [0.717, 1.165) is 16.8 Å². The molecule has 3 heteroatoms. The molecule has 1 aromatic carbocycles. The predicted molar refractivity (Wildman–Crippen MR) is 79.8 cm³/mol. The summed E-state index contributed by atoms with van der Waals surface area (Å²) < 4.78 is 0. The van der Waals surface area contributed by atoms with Crippen LogP contribution in [0.4, 0.5) is 5.69 Å². The van der Waals surface area contributed by atoms with Crippen LogP contribution in [-0.4, -0.2) is 12.5 Å². The molecule has 0 heterocycles. The summed E-state index contributed by atoms with van der Waals surface area (Å²) in [4.78, 5) is 11.9. The first kappa shape index (κ1) is 15.3. The van der Waals surface area contributed by atoms with E-state index in [1.807, 2.05) is 45.9 Å². The number of hydrogen-bond donors (Lipinski definition) is 2. The quantitative estimate of drug-likeness (QED) is 0.801. The molecule has 3 nitrogen and oxygen atoms in total. The molecule has 0 radical (unpaired) electrons. The van der Waals surface area contributed by atoms with E-state index in [-0.39, 0.29) is 11.3 Å². The number of nitrogens with one attached hydrogen (secondary N) is 1. The van der Waals surface area contributed by atoms with E-state index in [1.165, 1.54) is 0 Å². The molecule has 3 N–H and O–H groups in total. The second-order valence-electron chi connectivity index (χ2n) is 5.82. The second kappa shape index (κ2) is 6.40. The highest BCUT2D eigenvalue weighted by atomic mass is 16.1. The van der Waals surface area contributed by atoms with Gasteiger partial charge in [0, 0.05) is 17.7 Å². The Morgan fingerprint density at radius 2 is 2.05 bits per heavy atom. The van der Waals surface area contributed by atoms with Crippen molar-refractivity contribution in [1.82, 2.24) is 0 Å². The maximum absolute atomic E-state index is 11.9. The Labute approximate surface area is 115 Å². The zero-order chi connectivity index (χ0) is 14.5. The van der Waals surface area contributed by atoms with Crippen molar-refractivity contribution in [3.63, 3.8) is 0 Å². The molecule has 0 aromatic heterocycles. The predicted octanol–water partition coefficient (Wildman–Crippen LogP) is 2.68. The number of aryl methyl sites for hydroxylation is 1. The molecular formula is C16H22N2O. The highest BCUT2D eigenvalue weighted by Gasteiger charge is 2.16. The van der Waals surface area contributed by atoms with Crippen LogP contribution in [0, 0.1) is 24.2 Å². The summed E-state index contributed by atoms with van der Waals surface area (Å²) in [5.74, 6) is 5.80. The molecule has 0 fully saturated rings. The number of amides is 1. The Morgan fingerprint density at radius 3 is 2.63 bits per heavy atom. The SMILES string of the molecule is Cc1ccc(C#CCN)cc1NC(=O)CC(C)(C)C. The molecule has 0 spiro atoms. The fourth-order valence-corrected chi connectivity index (χ4v) is 1.66. The van der Waals surface area contributed by atoms with E-state index in [4.69, 9.17) is 5.73 Å². The number of anilines is 1. The maximum Gasteiger partial charge on any atom is 0.224 e. The Balaban J connectivity index is 2.85. The summed E-state index contributed by atoms with van der Waals surface area (Å²) in [5, 5.41) is 2.95. The average Bonchev–Trinajstić information content (AvgIpc) is 2.27. The van der Waals surface area contributed by atoms with Crippen molar-refractivity contribution >= 4 is 11.6 Å². The second-order valence-corrected chi connectivity index (χ2v) is 5.82. The zero-order valence-corrected chi connectivity index (χ0v) is 12.1. The van der Waals surface area contributed by atoms with E-state index < -0.39 is 0 Å². The molecule has 1 aromatic rings. The lowest BCUT2D eigenvalue weighted by Crippen LogP contribution is -2.20. The van der Waals surface area contributed by atoms with Gasteiger partial charge in [-0.2, -0.15) is 0 Å². The van der Waals surface area contributed by atoms with Gasteiger partial charge in [0.2, 0.25) is 5.91 Å².